The molecule has 0 heterocycles. The molecular formula is C11H22N2O3S. The second-order valence-corrected chi connectivity index (χ2v) is 5.28. The molecule has 0 aromatic heterocycles. The summed E-state index contributed by atoms with van der Waals surface area (Å²) in [6.45, 7) is 4.49. The molecule has 0 aromatic carbocycles. The number of nitrogens with one attached hydrogen (secondary N) is 1. The van der Waals surface area contributed by atoms with Crippen LogP contribution in [0.15, 0.2) is 0 Å². The van der Waals surface area contributed by atoms with Gasteiger partial charge in [0.25, 0.3) is 0 Å². The van der Waals surface area contributed by atoms with Gasteiger partial charge in [0.15, 0.2) is 0 Å². The summed E-state index contributed by atoms with van der Waals surface area (Å²) in [5.74, 6) is -0.0239. The number of hydrogen-bond donors (Lipinski definition) is 2. The van der Waals surface area contributed by atoms with Gasteiger partial charge >= 0.3 is 12.0 Å². The predicted octanol–water partition coefficient (Wildman–Crippen LogP) is 1.35. The Morgan fingerprint density at radius 2 is 2.00 bits per heavy atom. The summed E-state index contributed by atoms with van der Waals surface area (Å²) in [6.07, 6.45) is 2.03. The van der Waals surface area contributed by atoms with Crippen molar-refractivity contribution in [1.29, 1.82) is 0 Å². The molecule has 0 aromatic rings. The van der Waals surface area contributed by atoms with E-state index in [4.69, 9.17) is 5.11 Å². The van der Waals surface area contributed by atoms with E-state index in [9.17, 15) is 9.59 Å². The summed E-state index contributed by atoms with van der Waals surface area (Å²) in [5, 5.41) is 11.5. The van der Waals surface area contributed by atoms with Crippen molar-refractivity contribution in [3.8, 4) is 0 Å². The molecule has 100 valence electrons. The smallest absolute Gasteiger partial charge is 0.317 e. The van der Waals surface area contributed by atoms with Crippen LogP contribution in [0.25, 0.3) is 0 Å². The molecule has 0 aliphatic carbocycles. The number of thioether (sulfide) groups is 1. The van der Waals surface area contributed by atoms with Crippen LogP contribution in [0.5, 0.6) is 0 Å². The third kappa shape index (κ3) is 7.10. The van der Waals surface area contributed by atoms with E-state index in [1.165, 1.54) is 4.90 Å². The zero-order valence-electron chi connectivity index (χ0n) is 10.9. The van der Waals surface area contributed by atoms with Crippen LogP contribution < -0.4 is 5.32 Å². The minimum absolute atomic E-state index is 0.217. The third-order valence-corrected chi connectivity index (χ3v) is 3.27. The van der Waals surface area contributed by atoms with Gasteiger partial charge in [-0.2, -0.15) is 11.8 Å². The molecule has 5 nitrogen and oxygen atoms in total. The molecule has 2 amide bonds. The van der Waals surface area contributed by atoms with Crippen LogP contribution in [0.2, 0.25) is 0 Å². The number of carbonyl (C=O) groups excluding carboxylic acids is 1. The third-order valence-electron chi connectivity index (χ3n) is 2.37. The van der Waals surface area contributed by atoms with Gasteiger partial charge in [0, 0.05) is 20.1 Å². The van der Waals surface area contributed by atoms with Gasteiger partial charge in [-0.15, -0.1) is 0 Å². The zero-order chi connectivity index (χ0) is 13.4. The molecule has 17 heavy (non-hydrogen) atoms. The van der Waals surface area contributed by atoms with Crippen molar-refractivity contribution in [2.75, 3.05) is 32.1 Å². The molecule has 2 unspecified atom stereocenters. The number of rotatable bonds is 7. The minimum atomic E-state index is -0.889. The Labute approximate surface area is 107 Å². The molecule has 0 spiro atoms. The Morgan fingerprint density at radius 1 is 1.41 bits per heavy atom. The molecule has 0 rings (SSSR count). The van der Waals surface area contributed by atoms with Crippen molar-refractivity contribution < 1.29 is 14.7 Å². The van der Waals surface area contributed by atoms with Crippen LogP contribution in [-0.4, -0.2) is 54.2 Å². The second-order valence-electron chi connectivity index (χ2n) is 4.37. The van der Waals surface area contributed by atoms with Crippen LogP contribution in [0.3, 0.4) is 0 Å². The fourth-order valence-corrected chi connectivity index (χ4v) is 2.00. The van der Waals surface area contributed by atoms with Gasteiger partial charge in [0.05, 0.1) is 5.92 Å². The molecule has 2 N–H and O–H groups in total. The van der Waals surface area contributed by atoms with E-state index < -0.39 is 11.9 Å². The summed E-state index contributed by atoms with van der Waals surface area (Å²) in [7, 11) is 1.61. The number of urea groups is 1. The van der Waals surface area contributed by atoms with Gasteiger partial charge in [-0.25, -0.2) is 4.79 Å². The number of amides is 2. The SMILES string of the molecule is CSCC(C)CNC(=O)N(C)CC(C)C(=O)O. The van der Waals surface area contributed by atoms with Gasteiger partial charge in [-0.05, 0) is 17.9 Å². The van der Waals surface area contributed by atoms with Crippen molar-refractivity contribution in [3.05, 3.63) is 0 Å². The Hall–Kier alpha value is -0.910. The van der Waals surface area contributed by atoms with Crippen molar-refractivity contribution in [2.24, 2.45) is 11.8 Å². The van der Waals surface area contributed by atoms with Gasteiger partial charge < -0.3 is 15.3 Å². The molecule has 0 saturated heterocycles. The van der Waals surface area contributed by atoms with Crippen molar-refractivity contribution in [3.63, 3.8) is 0 Å². The first-order valence-corrected chi connectivity index (χ1v) is 6.98. The maximum atomic E-state index is 11.6. The van der Waals surface area contributed by atoms with Crippen LogP contribution >= 0.6 is 11.8 Å². The molecule has 0 fully saturated rings. The quantitative estimate of drug-likeness (QED) is 0.726. The lowest BCUT2D eigenvalue weighted by Crippen LogP contribution is -2.42. The summed E-state index contributed by atoms with van der Waals surface area (Å²) in [5.41, 5.74) is 0. The van der Waals surface area contributed by atoms with Crippen molar-refractivity contribution in [1.82, 2.24) is 10.2 Å². The van der Waals surface area contributed by atoms with Crippen molar-refractivity contribution in [2.45, 2.75) is 13.8 Å². The first kappa shape index (κ1) is 16.1. The molecule has 0 aliphatic rings. The first-order valence-electron chi connectivity index (χ1n) is 5.59. The van der Waals surface area contributed by atoms with Gasteiger partial charge in [-0.1, -0.05) is 13.8 Å². The van der Waals surface area contributed by atoms with E-state index in [0.29, 0.717) is 12.5 Å². The summed E-state index contributed by atoms with van der Waals surface area (Å²) in [6, 6.07) is -0.217. The molecule has 0 radical (unpaired) electrons. The summed E-state index contributed by atoms with van der Waals surface area (Å²) in [4.78, 5) is 23.7. The number of aliphatic carboxylic acids is 1. The average Bonchev–Trinajstić information content (AvgIpc) is 2.25. The van der Waals surface area contributed by atoms with Crippen molar-refractivity contribution >= 4 is 23.8 Å². The standard InChI is InChI=1S/C11H22N2O3S/c1-8(7-17-4)5-12-11(16)13(3)6-9(2)10(14)15/h8-9H,5-7H2,1-4H3,(H,12,16)(H,14,15). The highest BCUT2D eigenvalue weighted by molar-refractivity contribution is 7.98. The van der Waals surface area contributed by atoms with Gasteiger partial charge in [-0.3, -0.25) is 4.79 Å². The highest BCUT2D eigenvalue weighted by Gasteiger charge is 2.17. The molecule has 6 heteroatoms. The molecular weight excluding hydrogens is 240 g/mol. The lowest BCUT2D eigenvalue weighted by Gasteiger charge is -2.21. The second kappa shape index (κ2) is 8.22. The monoisotopic (exact) mass is 262 g/mol. The van der Waals surface area contributed by atoms with E-state index in [2.05, 4.69) is 12.2 Å². The molecule has 0 saturated carbocycles. The summed E-state index contributed by atoms with van der Waals surface area (Å²) < 4.78 is 0. The van der Waals surface area contributed by atoms with E-state index in [1.807, 2.05) is 6.26 Å². The van der Waals surface area contributed by atoms with E-state index in [-0.39, 0.29) is 12.6 Å². The van der Waals surface area contributed by atoms with Crippen LogP contribution in [-0.2, 0) is 4.79 Å². The lowest BCUT2D eigenvalue weighted by molar-refractivity contribution is -0.141. The maximum Gasteiger partial charge on any atom is 0.317 e. The number of carbonyl (C=O) groups is 2. The van der Waals surface area contributed by atoms with E-state index >= 15 is 0 Å². The van der Waals surface area contributed by atoms with Gasteiger partial charge in [0.2, 0.25) is 0 Å². The molecule has 0 bridgehead atoms. The zero-order valence-corrected chi connectivity index (χ0v) is 11.7. The number of carboxylic acid groups (broad SMARTS) is 1. The largest absolute Gasteiger partial charge is 0.481 e. The first-order chi connectivity index (χ1) is 7.88. The minimum Gasteiger partial charge on any atom is -0.481 e. The molecule has 0 aliphatic heterocycles. The number of hydrogen-bond acceptors (Lipinski definition) is 3. The van der Waals surface area contributed by atoms with Crippen LogP contribution in [0.1, 0.15) is 13.8 Å². The Bertz CT molecular complexity index is 261. The Kier molecular flexibility index (Phi) is 7.78. The Balaban J connectivity index is 3.93. The molecule has 2 atom stereocenters. The van der Waals surface area contributed by atoms with Crippen LogP contribution in [0.4, 0.5) is 4.79 Å². The predicted molar refractivity (Wildman–Crippen MR) is 70.4 cm³/mol. The van der Waals surface area contributed by atoms with E-state index in [0.717, 1.165) is 5.75 Å². The highest BCUT2D eigenvalue weighted by atomic mass is 32.2. The lowest BCUT2D eigenvalue weighted by atomic mass is 10.2. The fourth-order valence-electron chi connectivity index (χ4n) is 1.31. The number of nitrogens with zero attached hydrogens (tertiary/aromatic N) is 1. The van der Waals surface area contributed by atoms with E-state index in [1.54, 1.807) is 25.7 Å². The average molecular weight is 262 g/mol. The highest BCUT2D eigenvalue weighted by Crippen LogP contribution is 2.03. The topological polar surface area (TPSA) is 69.6 Å². The maximum absolute atomic E-state index is 11.6. The van der Waals surface area contributed by atoms with Crippen LogP contribution in [0, 0.1) is 11.8 Å². The Morgan fingerprint density at radius 3 is 2.47 bits per heavy atom. The number of carboxylic acids is 1. The normalized spacial score (nSPS) is 13.9. The van der Waals surface area contributed by atoms with Gasteiger partial charge in [0.1, 0.15) is 0 Å². The fraction of sp³-hybridized carbons (Fsp3) is 0.818. The summed E-state index contributed by atoms with van der Waals surface area (Å²) >= 11 is 1.74.